The van der Waals surface area contributed by atoms with Crippen LogP contribution in [-0.4, -0.2) is 11.1 Å². The SMILES string of the molecule is N#[N+]c1cc(C(=O)O)c([O-])c2ccccc12. The van der Waals surface area contributed by atoms with Crippen LogP contribution in [0.25, 0.3) is 15.7 Å². The van der Waals surface area contributed by atoms with E-state index in [2.05, 4.69) is 4.98 Å². The van der Waals surface area contributed by atoms with Crippen molar-refractivity contribution >= 4 is 22.4 Å². The van der Waals surface area contributed by atoms with Crippen molar-refractivity contribution in [2.75, 3.05) is 0 Å². The Labute approximate surface area is 90.2 Å². The van der Waals surface area contributed by atoms with Gasteiger partial charge in [-0.1, -0.05) is 23.9 Å². The van der Waals surface area contributed by atoms with Gasteiger partial charge in [0.25, 0.3) is 0 Å². The van der Waals surface area contributed by atoms with Gasteiger partial charge in [-0.2, -0.15) is 0 Å². The van der Waals surface area contributed by atoms with Crippen LogP contribution in [0.4, 0.5) is 5.69 Å². The average Bonchev–Trinajstić information content (AvgIpc) is 2.29. The zero-order chi connectivity index (χ0) is 11.7. The summed E-state index contributed by atoms with van der Waals surface area (Å²) >= 11 is 0. The maximum absolute atomic E-state index is 11.7. The van der Waals surface area contributed by atoms with Crippen molar-refractivity contribution in [3.05, 3.63) is 40.9 Å². The quantitative estimate of drug-likeness (QED) is 0.736. The van der Waals surface area contributed by atoms with Crippen LogP contribution in [0.15, 0.2) is 30.3 Å². The summed E-state index contributed by atoms with van der Waals surface area (Å²) in [4.78, 5) is 13.8. The maximum atomic E-state index is 11.7. The first-order chi connectivity index (χ1) is 7.65. The monoisotopic (exact) mass is 214 g/mol. The predicted molar refractivity (Wildman–Crippen MR) is 55.1 cm³/mol. The standard InChI is InChI=1S/C11H6N2O3/c12-13-9-5-8(11(15)16)10(14)7-4-2-1-3-6(7)9/h1-5H,(H-,14,15,16). The molecule has 0 atom stereocenters. The zero-order valence-corrected chi connectivity index (χ0v) is 8.04. The van der Waals surface area contributed by atoms with Gasteiger partial charge >= 0.3 is 11.7 Å². The lowest BCUT2D eigenvalue weighted by molar-refractivity contribution is -0.266. The molecule has 0 heterocycles. The Morgan fingerprint density at radius 1 is 1.31 bits per heavy atom. The van der Waals surface area contributed by atoms with Crippen molar-refractivity contribution in [2.24, 2.45) is 0 Å². The lowest BCUT2D eigenvalue weighted by Crippen LogP contribution is -2.04. The fourth-order valence-electron chi connectivity index (χ4n) is 1.57. The summed E-state index contributed by atoms with van der Waals surface area (Å²) in [6, 6.07) is 7.45. The van der Waals surface area contributed by atoms with E-state index >= 15 is 0 Å². The van der Waals surface area contributed by atoms with Gasteiger partial charge in [-0.05, 0) is 11.5 Å². The van der Waals surface area contributed by atoms with Crippen LogP contribution >= 0.6 is 0 Å². The molecule has 5 nitrogen and oxygen atoms in total. The first-order valence-electron chi connectivity index (χ1n) is 4.46. The summed E-state index contributed by atoms with van der Waals surface area (Å²) in [5.74, 6) is -1.91. The Bertz CT molecular complexity index is 629. The van der Waals surface area contributed by atoms with Gasteiger partial charge in [0.2, 0.25) is 5.39 Å². The Balaban J connectivity index is 2.95. The van der Waals surface area contributed by atoms with Crippen molar-refractivity contribution in [1.29, 1.82) is 5.39 Å². The number of aromatic carboxylic acids is 1. The van der Waals surface area contributed by atoms with E-state index in [4.69, 9.17) is 10.5 Å². The molecule has 0 aliphatic carbocycles. The maximum Gasteiger partial charge on any atom is 0.393 e. The number of rotatable bonds is 1. The van der Waals surface area contributed by atoms with Gasteiger partial charge in [0.1, 0.15) is 0 Å². The molecule has 0 saturated heterocycles. The van der Waals surface area contributed by atoms with Crippen molar-refractivity contribution < 1.29 is 15.0 Å². The van der Waals surface area contributed by atoms with E-state index in [-0.39, 0.29) is 11.1 Å². The second kappa shape index (κ2) is 3.51. The third-order valence-corrected chi connectivity index (χ3v) is 2.31. The van der Waals surface area contributed by atoms with Crippen LogP contribution in [-0.2, 0) is 0 Å². The summed E-state index contributed by atoms with van der Waals surface area (Å²) in [5, 5.41) is 30.0. The molecule has 0 fully saturated rings. The second-order valence-corrected chi connectivity index (χ2v) is 3.22. The molecular weight excluding hydrogens is 208 g/mol. The zero-order valence-electron chi connectivity index (χ0n) is 8.04. The minimum atomic E-state index is -1.33. The third-order valence-electron chi connectivity index (χ3n) is 2.31. The van der Waals surface area contributed by atoms with Crippen LogP contribution in [0, 0.1) is 5.39 Å². The number of hydrogen-bond donors (Lipinski definition) is 1. The van der Waals surface area contributed by atoms with Gasteiger partial charge in [-0.25, -0.2) is 4.79 Å². The van der Waals surface area contributed by atoms with E-state index in [1.54, 1.807) is 18.2 Å². The molecule has 0 aliphatic heterocycles. The number of fused-ring (bicyclic) bond motifs is 1. The Hall–Kier alpha value is -2.61. The predicted octanol–water partition coefficient (Wildman–Crippen LogP) is 2.10. The van der Waals surface area contributed by atoms with Gasteiger partial charge in [0, 0.05) is 6.07 Å². The van der Waals surface area contributed by atoms with Crippen molar-refractivity contribution in [3.63, 3.8) is 0 Å². The van der Waals surface area contributed by atoms with Crippen molar-refractivity contribution in [1.82, 2.24) is 0 Å². The van der Waals surface area contributed by atoms with Crippen LogP contribution in [0.3, 0.4) is 0 Å². The summed E-state index contributed by atoms with van der Waals surface area (Å²) in [6.07, 6.45) is 0. The normalized spacial score (nSPS) is 9.94. The average molecular weight is 214 g/mol. The van der Waals surface area contributed by atoms with Crippen LogP contribution in [0.5, 0.6) is 5.75 Å². The molecule has 2 aromatic rings. The summed E-state index contributed by atoms with van der Waals surface area (Å²) < 4.78 is 0. The molecule has 5 heteroatoms. The molecule has 78 valence electrons. The Kier molecular flexibility index (Phi) is 2.18. The van der Waals surface area contributed by atoms with E-state index in [1.807, 2.05) is 0 Å². The van der Waals surface area contributed by atoms with Crippen LogP contribution < -0.4 is 5.11 Å². The van der Waals surface area contributed by atoms with Crippen molar-refractivity contribution in [3.8, 4) is 5.75 Å². The molecule has 2 rings (SSSR count). The number of diazo groups is 1. The number of carboxylic acids is 1. The molecular formula is C11H6N2O3. The van der Waals surface area contributed by atoms with E-state index in [9.17, 15) is 9.90 Å². The highest BCUT2D eigenvalue weighted by Crippen LogP contribution is 2.34. The summed E-state index contributed by atoms with van der Waals surface area (Å²) in [7, 11) is 0. The fourth-order valence-corrected chi connectivity index (χ4v) is 1.57. The van der Waals surface area contributed by atoms with E-state index in [0.717, 1.165) is 6.07 Å². The van der Waals surface area contributed by atoms with E-state index in [1.165, 1.54) is 6.07 Å². The van der Waals surface area contributed by atoms with Crippen LogP contribution in [0.1, 0.15) is 10.4 Å². The minimum absolute atomic E-state index is 0.0765. The topological polar surface area (TPSA) is 88.5 Å². The molecule has 2 aromatic carbocycles. The number of benzene rings is 2. The largest absolute Gasteiger partial charge is 0.871 e. The van der Waals surface area contributed by atoms with Gasteiger partial charge in [-0.3, -0.25) is 0 Å². The number of nitrogens with zero attached hydrogens (tertiary/aromatic N) is 2. The van der Waals surface area contributed by atoms with Crippen LogP contribution in [0.2, 0.25) is 0 Å². The molecule has 0 bridgehead atoms. The minimum Gasteiger partial charge on any atom is -0.871 e. The third kappa shape index (κ3) is 1.33. The molecule has 16 heavy (non-hydrogen) atoms. The fraction of sp³-hybridized carbons (Fsp3) is 0. The van der Waals surface area contributed by atoms with E-state index in [0.29, 0.717) is 5.39 Å². The molecule has 0 amide bonds. The lowest BCUT2D eigenvalue weighted by Gasteiger charge is -2.12. The molecule has 0 radical (unpaired) electrons. The number of hydrogen-bond acceptors (Lipinski definition) is 3. The van der Waals surface area contributed by atoms with Crippen molar-refractivity contribution in [2.45, 2.75) is 0 Å². The lowest BCUT2D eigenvalue weighted by atomic mass is 10.0. The molecule has 0 spiro atoms. The smallest absolute Gasteiger partial charge is 0.393 e. The van der Waals surface area contributed by atoms with E-state index < -0.39 is 17.3 Å². The Morgan fingerprint density at radius 2 is 1.94 bits per heavy atom. The highest BCUT2D eigenvalue weighted by molar-refractivity contribution is 6.05. The molecule has 0 saturated carbocycles. The molecule has 0 unspecified atom stereocenters. The van der Waals surface area contributed by atoms with Gasteiger partial charge in [-0.15, -0.1) is 0 Å². The molecule has 1 N–H and O–H groups in total. The van der Waals surface area contributed by atoms with Gasteiger partial charge in [0.05, 0.1) is 10.9 Å². The van der Waals surface area contributed by atoms with Gasteiger partial charge < -0.3 is 10.2 Å². The molecule has 0 aromatic heterocycles. The highest BCUT2D eigenvalue weighted by atomic mass is 16.4. The Morgan fingerprint density at radius 3 is 2.50 bits per heavy atom. The number of carboxylic acid groups (broad SMARTS) is 1. The highest BCUT2D eigenvalue weighted by Gasteiger charge is 2.17. The first kappa shape index (κ1) is 9.93. The molecule has 0 aliphatic rings. The van der Waals surface area contributed by atoms with Gasteiger partial charge in [0.15, 0.2) is 4.98 Å². The summed E-state index contributed by atoms with van der Waals surface area (Å²) in [6.45, 7) is 0. The summed E-state index contributed by atoms with van der Waals surface area (Å²) in [5.41, 5.74) is -0.320. The number of carbonyl (C=O) groups is 1. The first-order valence-corrected chi connectivity index (χ1v) is 4.46. The second-order valence-electron chi connectivity index (χ2n) is 3.22.